The molecule has 1 unspecified atom stereocenters. The first-order valence-electron chi connectivity index (χ1n) is 5.01. The summed E-state index contributed by atoms with van der Waals surface area (Å²) in [5.74, 6) is -0.641. The second-order valence-electron chi connectivity index (χ2n) is 3.67. The van der Waals surface area contributed by atoms with E-state index in [9.17, 15) is 4.79 Å². The number of carbonyl (C=O) groups is 1. The van der Waals surface area contributed by atoms with Gasteiger partial charge < -0.3 is 14.4 Å². The lowest BCUT2D eigenvalue weighted by molar-refractivity contribution is -0.00238. The molecule has 2 heterocycles. The van der Waals surface area contributed by atoms with Crippen molar-refractivity contribution < 1.29 is 19.2 Å². The van der Waals surface area contributed by atoms with E-state index in [4.69, 9.17) is 14.4 Å². The fraction of sp³-hybridized carbons (Fsp3) is 0.600. The van der Waals surface area contributed by atoms with Gasteiger partial charge in [0.2, 0.25) is 0 Å². The molecule has 0 radical (unpaired) electrons. The van der Waals surface area contributed by atoms with Crippen LogP contribution in [0.15, 0.2) is 4.52 Å². The standard InChI is InChI=1S/C10H13NO4/c1-6-8(10(12)13)9(15-11-6)7-4-2-3-5-14-7/h7H,2-5H2,1H3,(H,12,13). The van der Waals surface area contributed by atoms with E-state index in [1.807, 2.05) is 0 Å². The molecule has 0 amide bonds. The minimum Gasteiger partial charge on any atom is -0.477 e. The maximum absolute atomic E-state index is 11.0. The first-order valence-corrected chi connectivity index (χ1v) is 5.01. The van der Waals surface area contributed by atoms with Crippen molar-refractivity contribution in [2.24, 2.45) is 0 Å². The highest BCUT2D eigenvalue weighted by atomic mass is 16.5. The summed E-state index contributed by atoms with van der Waals surface area (Å²) in [4.78, 5) is 11.0. The fourth-order valence-corrected chi connectivity index (χ4v) is 1.81. The van der Waals surface area contributed by atoms with Crippen molar-refractivity contribution >= 4 is 5.97 Å². The van der Waals surface area contributed by atoms with Crippen LogP contribution in [0.25, 0.3) is 0 Å². The Morgan fingerprint density at radius 1 is 1.53 bits per heavy atom. The molecule has 1 aromatic heterocycles. The first kappa shape index (κ1) is 10.2. The van der Waals surface area contributed by atoms with Crippen LogP contribution >= 0.6 is 0 Å². The number of aryl methyl sites for hydroxylation is 1. The highest BCUT2D eigenvalue weighted by molar-refractivity contribution is 5.90. The van der Waals surface area contributed by atoms with Crippen LogP contribution in [0.5, 0.6) is 0 Å². The van der Waals surface area contributed by atoms with Gasteiger partial charge in [0.15, 0.2) is 5.76 Å². The average Bonchev–Trinajstić information content (AvgIpc) is 2.61. The second kappa shape index (κ2) is 4.02. The summed E-state index contributed by atoms with van der Waals surface area (Å²) in [6.45, 7) is 2.28. The Balaban J connectivity index is 2.30. The van der Waals surface area contributed by atoms with E-state index in [1.165, 1.54) is 0 Å². The predicted molar refractivity (Wildman–Crippen MR) is 50.7 cm³/mol. The van der Waals surface area contributed by atoms with Crippen LogP contribution in [0.3, 0.4) is 0 Å². The van der Waals surface area contributed by atoms with Crippen LogP contribution in [0, 0.1) is 6.92 Å². The highest BCUT2D eigenvalue weighted by Gasteiger charge is 2.28. The van der Waals surface area contributed by atoms with E-state index in [-0.39, 0.29) is 11.7 Å². The van der Waals surface area contributed by atoms with Gasteiger partial charge in [0.25, 0.3) is 0 Å². The van der Waals surface area contributed by atoms with Crippen molar-refractivity contribution in [3.8, 4) is 0 Å². The Bertz CT molecular complexity index is 365. The van der Waals surface area contributed by atoms with Crippen molar-refractivity contribution in [2.75, 3.05) is 6.61 Å². The molecule has 1 aliphatic heterocycles. The Hall–Kier alpha value is -1.36. The van der Waals surface area contributed by atoms with Crippen LogP contribution in [0.1, 0.15) is 47.2 Å². The van der Waals surface area contributed by atoms with E-state index >= 15 is 0 Å². The normalized spacial score (nSPS) is 21.5. The van der Waals surface area contributed by atoms with Crippen LogP contribution in [-0.4, -0.2) is 22.8 Å². The van der Waals surface area contributed by atoms with E-state index in [0.29, 0.717) is 18.1 Å². The molecule has 1 aliphatic rings. The zero-order valence-electron chi connectivity index (χ0n) is 8.52. The van der Waals surface area contributed by atoms with E-state index in [2.05, 4.69) is 5.16 Å². The number of aromatic nitrogens is 1. The molecule has 1 aromatic rings. The lowest BCUT2D eigenvalue weighted by Crippen LogP contribution is -2.14. The van der Waals surface area contributed by atoms with Gasteiger partial charge in [0, 0.05) is 6.61 Å². The van der Waals surface area contributed by atoms with Gasteiger partial charge >= 0.3 is 5.97 Å². The average molecular weight is 211 g/mol. The summed E-state index contributed by atoms with van der Waals surface area (Å²) in [6.07, 6.45) is 2.61. The summed E-state index contributed by atoms with van der Waals surface area (Å²) in [5.41, 5.74) is 0.563. The molecule has 2 rings (SSSR count). The third kappa shape index (κ3) is 1.87. The number of hydrogen-bond acceptors (Lipinski definition) is 4. The molecule has 15 heavy (non-hydrogen) atoms. The van der Waals surface area contributed by atoms with Crippen molar-refractivity contribution in [2.45, 2.75) is 32.3 Å². The SMILES string of the molecule is Cc1noc(C2CCCCO2)c1C(=O)O. The van der Waals surface area contributed by atoms with Crippen LogP contribution in [0.4, 0.5) is 0 Å². The third-order valence-electron chi connectivity index (χ3n) is 2.58. The number of ether oxygens (including phenoxy) is 1. The zero-order chi connectivity index (χ0) is 10.8. The zero-order valence-corrected chi connectivity index (χ0v) is 8.52. The maximum atomic E-state index is 11.0. The summed E-state index contributed by atoms with van der Waals surface area (Å²) < 4.78 is 10.5. The molecule has 1 saturated heterocycles. The highest BCUT2D eigenvalue weighted by Crippen LogP contribution is 2.31. The number of nitrogens with zero attached hydrogens (tertiary/aromatic N) is 1. The van der Waals surface area contributed by atoms with E-state index in [1.54, 1.807) is 6.92 Å². The van der Waals surface area contributed by atoms with Gasteiger partial charge in [-0.25, -0.2) is 4.79 Å². The largest absolute Gasteiger partial charge is 0.477 e. The molecule has 0 saturated carbocycles. The molecule has 0 aromatic carbocycles. The molecule has 5 heteroatoms. The van der Waals surface area contributed by atoms with Gasteiger partial charge in [-0.3, -0.25) is 0 Å². The monoisotopic (exact) mass is 211 g/mol. The van der Waals surface area contributed by atoms with Gasteiger partial charge in [-0.05, 0) is 26.2 Å². The quantitative estimate of drug-likeness (QED) is 0.809. The predicted octanol–water partition coefficient (Wildman–Crippen LogP) is 1.92. The topological polar surface area (TPSA) is 72.6 Å². The fourth-order valence-electron chi connectivity index (χ4n) is 1.81. The third-order valence-corrected chi connectivity index (χ3v) is 2.58. The minimum absolute atomic E-state index is 0.155. The number of rotatable bonds is 2. The summed E-state index contributed by atoms with van der Waals surface area (Å²) in [6, 6.07) is 0. The van der Waals surface area contributed by atoms with Crippen LogP contribution in [-0.2, 0) is 4.74 Å². The summed E-state index contributed by atoms with van der Waals surface area (Å²) in [5, 5.41) is 12.7. The molecule has 5 nitrogen and oxygen atoms in total. The summed E-state index contributed by atoms with van der Waals surface area (Å²) >= 11 is 0. The van der Waals surface area contributed by atoms with E-state index in [0.717, 1.165) is 19.3 Å². The molecule has 1 atom stereocenters. The minimum atomic E-state index is -1.00. The van der Waals surface area contributed by atoms with Gasteiger partial charge in [-0.2, -0.15) is 0 Å². The number of carboxylic acid groups (broad SMARTS) is 1. The van der Waals surface area contributed by atoms with Crippen molar-refractivity contribution in [3.05, 3.63) is 17.0 Å². The molecule has 0 aliphatic carbocycles. The van der Waals surface area contributed by atoms with Gasteiger partial charge in [-0.1, -0.05) is 5.16 Å². The Morgan fingerprint density at radius 2 is 2.33 bits per heavy atom. The van der Waals surface area contributed by atoms with Gasteiger partial charge in [-0.15, -0.1) is 0 Å². The number of aromatic carboxylic acids is 1. The molecular formula is C10H13NO4. The second-order valence-corrected chi connectivity index (χ2v) is 3.67. The van der Waals surface area contributed by atoms with Gasteiger partial charge in [0.05, 0.1) is 5.69 Å². The smallest absolute Gasteiger partial charge is 0.341 e. The molecule has 0 spiro atoms. The lowest BCUT2D eigenvalue weighted by atomic mass is 10.0. The van der Waals surface area contributed by atoms with Crippen molar-refractivity contribution in [3.63, 3.8) is 0 Å². The van der Waals surface area contributed by atoms with Gasteiger partial charge in [0.1, 0.15) is 11.7 Å². The first-order chi connectivity index (χ1) is 7.20. The molecule has 82 valence electrons. The molecular weight excluding hydrogens is 198 g/mol. The van der Waals surface area contributed by atoms with Crippen LogP contribution < -0.4 is 0 Å². The summed E-state index contributed by atoms with van der Waals surface area (Å²) in [7, 11) is 0. The molecule has 0 bridgehead atoms. The number of hydrogen-bond donors (Lipinski definition) is 1. The molecule has 1 N–H and O–H groups in total. The lowest BCUT2D eigenvalue weighted by Gasteiger charge is -2.20. The Kier molecular flexibility index (Phi) is 2.73. The van der Waals surface area contributed by atoms with Crippen LogP contribution in [0.2, 0.25) is 0 Å². The Morgan fingerprint density at radius 3 is 2.93 bits per heavy atom. The molecule has 1 fully saturated rings. The van der Waals surface area contributed by atoms with Crippen molar-refractivity contribution in [1.29, 1.82) is 0 Å². The van der Waals surface area contributed by atoms with E-state index < -0.39 is 5.97 Å². The maximum Gasteiger partial charge on any atom is 0.341 e. The van der Waals surface area contributed by atoms with Crippen molar-refractivity contribution in [1.82, 2.24) is 5.16 Å². The Labute approximate surface area is 87.0 Å². The number of carboxylic acids is 1.